The van der Waals surface area contributed by atoms with Gasteiger partial charge in [-0.25, -0.2) is 9.37 Å². The van der Waals surface area contributed by atoms with Gasteiger partial charge in [0.05, 0.1) is 10.9 Å². The highest BCUT2D eigenvalue weighted by atomic mass is 35.5. The lowest BCUT2D eigenvalue weighted by atomic mass is 10.0. The number of carbonyl (C=O) groups excluding carboxylic acids is 2. The highest BCUT2D eigenvalue weighted by Crippen LogP contribution is 2.16. The lowest BCUT2D eigenvalue weighted by molar-refractivity contribution is -0.116. The summed E-state index contributed by atoms with van der Waals surface area (Å²) in [5.41, 5.74) is 0.937. The quantitative estimate of drug-likeness (QED) is 0.459. The van der Waals surface area contributed by atoms with Gasteiger partial charge in [-0.3, -0.25) is 14.4 Å². The number of nitrogens with one attached hydrogen (secondary N) is 1. The lowest BCUT2D eigenvalue weighted by Gasteiger charge is -2.13. The van der Waals surface area contributed by atoms with Crippen molar-refractivity contribution >= 4 is 40.0 Å². The molecule has 0 fully saturated rings. The monoisotopic (exact) mass is 449 g/mol. The second-order valence-electron chi connectivity index (χ2n) is 7.22. The molecule has 0 aliphatic carbocycles. The molecule has 2 aromatic carbocycles. The summed E-state index contributed by atoms with van der Waals surface area (Å²) in [6, 6.07) is 14.9. The van der Waals surface area contributed by atoms with Gasteiger partial charge in [-0.2, -0.15) is 0 Å². The fourth-order valence-electron chi connectivity index (χ4n) is 3.32. The number of hydrogen-bond donors (Lipinski definition) is 1. The standard InChI is InChI=1S/C24H17ClFN3O3/c1-14-5-10-19-23(32)20(22(31)15-6-8-16(25)9-7-15)12-29(24(19)27-14)13-21(30)28-18-4-2-3-17(26)11-18/h2-12H,13H2,1H3,(H,28,30). The molecule has 4 aromatic rings. The molecule has 0 saturated carbocycles. The van der Waals surface area contributed by atoms with Gasteiger partial charge in [0.1, 0.15) is 18.0 Å². The summed E-state index contributed by atoms with van der Waals surface area (Å²) >= 11 is 5.89. The van der Waals surface area contributed by atoms with Crippen molar-refractivity contribution in [3.8, 4) is 0 Å². The molecular weight excluding hydrogens is 433 g/mol. The molecule has 160 valence electrons. The number of hydrogen-bond acceptors (Lipinski definition) is 4. The molecule has 1 N–H and O–H groups in total. The normalized spacial score (nSPS) is 10.8. The molecule has 0 aliphatic rings. The highest BCUT2D eigenvalue weighted by molar-refractivity contribution is 6.30. The Balaban J connectivity index is 1.76. The summed E-state index contributed by atoms with van der Waals surface area (Å²) in [5, 5.41) is 3.29. The molecule has 1 amide bonds. The van der Waals surface area contributed by atoms with Gasteiger partial charge in [0.2, 0.25) is 11.3 Å². The maximum Gasteiger partial charge on any atom is 0.244 e. The predicted molar refractivity (Wildman–Crippen MR) is 121 cm³/mol. The van der Waals surface area contributed by atoms with Crippen molar-refractivity contribution in [1.82, 2.24) is 9.55 Å². The number of carbonyl (C=O) groups is 2. The van der Waals surface area contributed by atoms with Crippen LogP contribution in [0.15, 0.2) is 71.7 Å². The third kappa shape index (κ3) is 4.43. The third-order valence-corrected chi connectivity index (χ3v) is 5.09. The molecule has 8 heteroatoms. The molecule has 2 heterocycles. The van der Waals surface area contributed by atoms with Crippen LogP contribution in [-0.2, 0) is 11.3 Å². The van der Waals surface area contributed by atoms with E-state index >= 15 is 0 Å². The highest BCUT2D eigenvalue weighted by Gasteiger charge is 2.19. The summed E-state index contributed by atoms with van der Waals surface area (Å²) in [6.07, 6.45) is 1.33. The van der Waals surface area contributed by atoms with Crippen molar-refractivity contribution in [2.45, 2.75) is 13.5 Å². The molecule has 0 radical (unpaired) electrons. The maximum absolute atomic E-state index is 13.4. The van der Waals surface area contributed by atoms with Crippen LogP contribution in [0.4, 0.5) is 10.1 Å². The molecular formula is C24H17ClFN3O3. The van der Waals surface area contributed by atoms with Gasteiger partial charge >= 0.3 is 0 Å². The van der Waals surface area contributed by atoms with Crippen molar-refractivity contribution < 1.29 is 14.0 Å². The zero-order valence-electron chi connectivity index (χ0n) is 16.9. The second kappa shape index (κ2) is 8.72. The number of anilines is 1. The number of ketones is 1. The summed E-state index contributed by atoms with van der Waals surface area (Å²) in [7, 11) is 0. The van der Waals surface area contributed by atoms with Crippen molar-refractivity contribution in [1.29, 1.82) is 0 Å². The topological polar surface area (TPSA) is 81.1 Å². The van der Waals surface area contributed by atoms with E-state index in [-0.39, 0.29) is 23.1 Å². The van der Waals surface area contributed by atoms with Gasteiger partial charge in [0.25, 0.3) is 0 Å². The molecule has 6 nitrogen and oxygen atoms in total. The van der Waals surface area contributed by atoms with E-state index in [1.54, 1.807) is 37.3 Å². The van der Waals surface area contributed by atoms with Gasteiger partial charge in [-0.05, 0) is 61.5 Å². The van der Waals surface area contributed by atoms with E-state index in [0.29, 0.717) is 22.0 Å². The first-order valence-corrected chi connectivity index (χ1v) is 10.1. The van der Waals surface area contributed by atoms with E-state index in [9.17, 15) is 18.8 Å². The van der Waals surface area contributed by atoms with E-state index in [1.165, 1.54) is 41.1 Å². The fourth-order valence-corrected chi connectivity index (χ4v) is 3.45. The Morgan fingerprint density at radius 1 is 1.09 bits per heavy atom. The molecule has 0 bridgehead atoms. The maximum atomic E-state index is 13.4. The Kier molecular flexibility index (Phi) is 5.83. The number of aryl methyl sites for hydroxylation is 1. The van der Waals surface area contributed by atoms with Crippen LogP contribution in [0.3, 0.4) is 0 Å². The number of halogens is 2. The van der Waals surface area contributed by atoms with E-state index in [0.717, 1.165) is 0 Å². The van der Waals surface area contributed by atoms with E-state index < -0.39 is 22.9 Å². The van der Waals surface area contributed by atoms with Crippen LogP contribution in [0.1, 0.15) is 21.6 Å². The van der Waals surface area contributed by atoms with Crippen LogP contribution < -0.4 is 10.7 Å². The number of rotatable bonds is 5. The largest absolute Gasteiger partial charge is 0.324 e. The minimum atomic E-state index is -0.492. The average Bonchev–Trinajstić information content (AvgIpc) is 2.75. The van der Waals surface area contributed by atoms with E-state index in [4.69, 9.17) is 11.6 Å². The molecule has 0 atom stereocenters. The fraction of sp³-hybridized carbons (Fsp3) is 0.0833. The van der Waals surface area contributed by atoms with Crippen LogP contribution in [-0.4, -0.2) is 21.2 Å². The van der Waals surface area contributed by atoms with Crippen LogP contribution in [0, 0.1) is 12.7 Å². The van der Waals surface area contributed by atoms with Crippen molar-refractivity contribution in [3.63, 3.8) is 0 Å². The predicted octanol–water partition coefficient (Wildman–Crippen LogP) is 4.37. The first-order chi connectivity index (χ1) is 15.3. The van der Waals surface area contributed by atoms with Crippen molar-refractivity contribution in [2.75, 3.05) is 5.32 Å². The van der Waals surface area contributed by atoms with Gasteiger partial charge in [-0.1, -0.05) is 17.7 Å². The lowest BCUT2D eigenvalue weighted by Crippen LogP contribution is -2.25. The summed E-state index contributed by atoms with van der Waals surface area (Å²) in [6.45, 7) is 1.53. The van der Waals surface area contributed by atoms with Crippen LogP contribution in [0.2, 0.25) is 5.02 Å². The Hall–Kier alpha value is -3.84. The second-order valence-corrected chi connectivity index (χ2v) is 7.65. The Labute approximate surface area is 187 Å². The summed E-state index contributed by atoms with van der Waals surface area (Å²) < 4.78 is 14.9. The molecule has 0 saturated heterocycles. The molecule has 0 aliphatic heterocycles. The molecule has 4 rings (SSSR count). The van der Waals surface area contributed by atoms with E-state index in [1.807, 2.05) is 0 Å². The number of aromatic nitrogens is 2. The molecule has 0 unspecified atom stereocenters. The summed E-state index contributed by atoms with van der Waals surface area (Å²) in [5.74, 6) is -1.44. The van der Waals surface area contributed by atoms with Crippen LogP contribution in [0.25, 0.3) is 11.0 Å². The molecule has 0 spiro atoms. The minimum Gasteiger partial charge on any atom is -0.324 e. The van der Waals surface area contributed by atoms with Gasteiger partial charge < -0.3 is 9.88 Å². The van der Waals surface area contributed by atoms with Crippen LogP contribution >= 0.6 is 11.6 Å². The van der Waals surface area contributed by atoms with Gasteiger partial charge in [0.15, 0.2) is 5.78 Å². The first kappa shape index (κ1) is 21.4. The molecule has 32 heavy (non-hydrogen) atoms. The number of pyridine rings is 2. The Morgan fingerprint density at radius 3 is 2.56 bits per heavy atom. The summed E-state index contributed by atoms with van der Waals surface area (Å²) in [4.78, 5) is 43.1. The van der Waals surface area contributed by atoms with Crippen molar-refractivity contribution in [3.05, 3.63) is 105 Å². The first-order valence-electron chi connectivity index (χ1n) is 9.68. The SMILES string of the molecule is Cc1ccc2c(=O)c(C(=O)c3ccc(Cl)cc3)cn(CC(=O)Nc3cccc(F)c3)c2n1. The van der Waals surface area contributed by atoms with Gasteiger partial charge in [-0.15, -0.1) is 0 Å². The zero-order chi connectivity index (χ0) is 22.8. The average molecular weight is 450 g/mol. The van der Waals surface area contributed by atoms with E-state index in [2.05, 4.69) is 10.3 Å². The number of fused-ring (bicyclic) bond motifs is 1. The number of amides is 1. The zero-order valence-corrected chi connectivity index (χ0v) is 17.7. The third-order valence-electron chi connectivity index (χ3n) is 4.83. The number of benzene rings is 2. The van der Waals surface area contributed by atoms with Crippen LogP contribution in [0.5, 0.6) is 0 Å². The molecule has 2 aromatic heterocycles. The smallest absolute Gasteiger partial charge is 0.244 e. The number of nitrogens with zero attached hydrogens (tertiary/aromatic N) is 2. The minimum absolute atomic E-state index is 0.0935. The van der Waals surface area contributed by atoms with Crippen molar-refractivity contribution in [2.24, 2.45) is 0 Å². The van der Waals surface area contributed by atoms with Gasteiger partial charge in [0, 0.05) is 28.2 Å². The Bertz CT molecular complexity index is 1410. The Morgan fingerprint density at radius 2 is 1.84 bits per heavy atom.